The van der Waals surface area contributed by atoms with Crippen molar-refractivity contribution in [1.29, 1.82) is 0 Å². The lowest BCUT2D eigenvalue weighted by Gasteiger charge is -2.47. The van der Waals surface area contributed by atoms with Gasteiger partial charge in [0.2, 0.25) is 0 Å². The largest absolute Gasteiger partial charge is 0.484 e. The first-order chi connectivity index (χ1) is 15.9. The van der Waals surface area contributed by atoms with Crippen LogP contribution in [0.2, 0.25) is 0 Å². The quantitative estimate of drug-likeness (QED) is 0.548. The summed E-state index contributed by atoms with van der Waals surface area (Å²) in [4.78, 5) is 6.60. The van der Waals surface area contributed by atoms with Crippen LogP contribution in [-0.2, 0) is 17.1 Å². The Balaban J connectivity index is 1.66. The summed E-state index contributed by atoms with van der Waals surface area (Å²) in [6, 6.07) is 4.62. The van der Waals surface area contributed by atoms with E-state index in [0.29, 0.717) is 12.5 Å². The second-order valence-electron chi connectivity index (χ2n) is 9.63. The number of hydrogen-bond acceptors (Lipinski definition) is 6. The number of benzene rings is 1. The first kappa shape index (κ1) is 24.1. The van der Waals surface area contributed by atoms with Crippen LogP contribution in [0.4, 0.5) is 14.6 Å². The van der Waals surface area contributed by atoms with Crippen LogP contribution in [0.15, 0.2) is 47.9 Å². The zero-order chi connectivity index (χ0) is 24.7. The van der Waals surface area contributed by atoms with E-state index in [1.165, 1.54) is 12.3 Å². The number of aromatic nitrogens is 4. The van der Waals surface area contributed by atoms with Crippen LogP contribution in [-0.4, -0.2) is 33.8 Å². The monoisotopic (exact) mass is 491 g/mol. The van der Waals surface area contributed by atoms with Gasteiger partial charge in [0.25, 0.3) is 10.0 Å². The van der Waals surface area contributed by atoms with Crippen molar-refractivity contribution in [2.75, 3.05) is 4.72 Å². The Bertz CT molecular complexity index is 1300. The molecule has 8 nitrogen and oxygen atoms in total. The minimum Gasteiger partial charge on any atom is -0.484 e. The molecule has 4 rings (SSSR count). The molecule has 3 aromatic rings. The molecule has 1 aliphatic rings. The number of halogens is 2. The average molecular weight is 492 g/mol. The molecule has 1 fully saturated rings. The van der Waals surface area contributed by atoms with Gasteiger partial charge in [0.05, 0.1) is 0 Å². The summed E-state index contributed by atoms with van der Waals surface area (Å²) >= 11 is 0. The van der Waals surface area contributed by atoms with Crippen molar-refractivity contribution in [2.24, 2.45) is 12.5 Å². The minimum absolute atomic E-state index is 0.0339. The number of rotatable bonds is 6. The van der Waals surface area contributed by atoms with Gasteiger partial charge in [-0.1, -0.05) is 13.8 Å². The summed E-state index contributed by atoms with van der Waals surface area (Å²) in [7, 11) is -2.59. The highest BCUT2D eigenvalue weighted by molar-refractivity contribution is 7.92. The summed E-state index contributed by atoms with van der Waals surface area (Å²) in [6.45, 7) is 6.21. The van der Waals surface area contributed by atoms with Gasteiger partial charge in [-0.15, -0.1) is 0 Å². The molecule has 0 bridgehead atoms. The van der Waals surface area contributed by atoms with Gasteiger partial charge in [0.1, 0.15) is 28.5 Å². The van der Waals surface area contributed by atoms with Gasteiger partial charge >= 0.3 is 0 Å². The molecule has 0 unspecified atom stereocenters. The van der Waals surface area contributed by atoms with Gasteiger partial charge in [-0.2, -0.15) is 5.10 Å². The molecule has 0 radical (unpaired) electrons. The highest BCUT2D eigenvalue weighted by atomic mass is 32.2. The number of ether oxygens (including phenoxy) is 1. The van der Waals surface area contributed by atoms with E-state index in [1.807, 2.05) is 20.0 Å². The van der Waals surface area contributed by atoms with E-state index < -0.39 is 32.2 Å². The van der Waals surface area contributed by atoms with Crippen molar-refractivity contribution >= 4 is 15.8 Å². The molecule has 0 amide bonds. The van der Waals surface area contributed by atoms with Crippen LogP contribution >= 0.6 is 0 Å². The number of nitrogens with zero attached hydrogens (tertiary/aromatic N) is 4. The Morgan fingerprint density at radius 3 is 2.53 bits per heavy atom. The average Bonchev–Trinajstić information content (AvgIpc) is 3.18. The molecule has 11 heteroatoms. The number of nitrogens with one attached hydrogen (secondary N) is 1. The van der Waals surface area contributed by atoms with Gasteiger partial charge in [-0.05, 0) is 43.7 Å². The number of sulfonamides is 1. The maximum Gasteiger partial charge on any atom is 0.266 e. The van der Waals surface area contributed by atoms with Gasteiger partial charge in [-0.3, -0.25) is 9.40 Å². The van der Waals surface area contributed by atoms with Crippen LogP contribution in [0.25, 0.3) is 0 Å². The standard InChI is InChI=1S/C23H27F2N5O3S/c1-22(2)7-8-23(3,15(13-22)18-5-10-28-30(18)4)33-19-11-17(25)20(12-16(19)24)34(31,32)29-21-6-9-26-14-27-21/h5-6,9-12,14-15H,7-8,13H2,1-4H3,(H,26,27,29)/t15-,23-/m1/s1. The molecule has 1 N–H and O–H groups in total. The summed E-state index contributed by atoms with van der Waals surface area (Å²) in [5.74, 6) is -2.64. The fraction of sp³-hybridized carbons (Fsp3) is 0.435. The van der Waals surface area contributed by atoms with Crippen molar-refractivity contribution in [3.05, 3.63) is 60.3 Å². The third kappa shape index (κ3) is 4.75. The van der Waals surface area contributed by atoms with E-state index in [4.69, 9.17) is 4.74 Å². The fourth-order valence-corrected chi connectivity index (χ4v) is 5.57. The topological polar surface area (TPSA) is 99.0 Å². The molecule has 2 aromatic heterocycles. The van der Waals surface area contributed by atoms with Crippen LogP contribution in [0.5, 0.6) is 5.75 Å². The molecular weight excluding hydrogens is 464 g/mol. The summed E-state index contributed by atoms with van der Waals surface area (Å²) in [5, 5.41) is 4.26. The van der Waals surface area contributed by atoms with E-state index in [9.17, 15) is 12.8 Å². The van der Waals surface area contributed by atoms with Crippen molar-refractivity contribution in [2.45, 2.75) is 56.4 Å². The molecule has 2 atom stereocenters. The smallest absolute Gasteiger partial charge is 0.266 e. The zero-order valence-electron chi connectivity index (χ0n) is 19.4. The predicted octanol–water partition coefficient (Wildman–Crippen LogP) is 4.42. The van der Waals surface area contributed by atoms with Crippen molar-refractivity contribution in [3.8, 4) is 5.75 Å². The van der Waals surface area contributed by atoms with E-state index in [0.717, 1.165) is 30.9 Å². The van der Waals surface area contributed by atoms with E-state index in [1.54, 1.807) is 10.9 Å². The SMILES string of the molecule is Cn1nccc1[C@H]1CC(C)(C)CC[C@@]1(C)Oc1cc(F)c(S(=O)(=O)Nc2ccncn2)cc1F. The summed E-state index contributed by atoms with van der Waals surface area (Å²) in [5.41, 5.74) is 0.118. The Kier molecular flexibility index (Phi) is 6.09. The van der Waals surface area contributed by atoms with Crippen molar-refractivity contribution < 1.29 is 21.9 Å². The maximum atomic E-state index is 15.1. The predicted molar refractivity (Wildman–Crippen MR) is 122 cm³/mol. The molecule has 1 aromatic carbocycles. The van der Waals surface area contributed by atoms with Gasteiger partial charge in [0, 0.05) is 43.2 Å². The van der Waals surface area contributed by atoms with E-state index >= 15 is 4.39 Å². The second-order valence-corrected chi connectivity index (χ2v) is 11.3. The first-order valence-corrected chi connectivity index (χ1v) is 12.3. The molecule has 0 aliphatic heterocycles. The van der Waals surface area contributed by atoms with Crippen LogP contribution in [0, 0.1) is 17.0 Å². The normalized spacial score (nSPS) is 22.4. The molecule has 182 valence electrons. The van der Waals surface area contributed by atoms with E-state index in [2.05, 4.69) is 33.6 Å². The molecule has 0 saturated heterocycles. The Labute approximate surface area is 197 Å². The molecule has 1 saturated carbocycles. The third-order valence-electron chi connectivity index (χ3n) is 6.45. The maximum absolute atomic E-state index is 15.1. The Morgan fingerprint density at radius 2 is 1.88 bits per heavy atom. The molecule has 34 heavy (non-hydrogen) atoms. The van der Waals surface area contributed by atoms with Crippen LogP contribution in [0.1, 0.15) is 51.6 Å². The van der Waals surface area contributed by atoms with Gasteiger partial charge < -0.3 is 4.74 Å². The zero-order valence-corrected chi connectivity index (χ0v) is 20.2. The lowest BCUT2D eigenvalue weighted by Crippen LogP contribution is -2.46. The van der Waals surface area contributed by atoms with Crippen LogP contribution in [0.3, 0.4) is 0 Å². The number of hydrogen-bond donors (Lipinski definition) is 1. The van der Waals surface area contributed by atoms with Gasteiger partial charge in [0.15, 0.2) is 11.6 Å². The molecule has 2 heterocycles. The molecular formula is C23H27F2N5O3S. The highest BCUT2D eigenvalue weighted by Crippen LogP contribution is 2.50. The van der Waals surface area contributed by atoms with Gasteiger partial charge in [-0.25, -0.2) is 27.2 Å². The minimum atomic E-state index is -4.42. The van der Waals surface area contributed by atoms with E-state index in [-0.39, 0.29) is 22.9 Å². The number of anilines is 1. The Morgan fingerprint density at radius 1 is 1.12 bits per heavy atom. The van der Waals surface area contributed by atoms with Crippen molar-refractivity contribution in [3.63, 3.8) is 0 Å². The summed E-state index contributed by atoms with van der Waals surface area (Å²) in [6.07, 6.45) is 6.36. The van der Waals surface area contributed by atoms with Crippen LogP contribution < -0.4 is 9.46 Å². The molecule has 0 spiro atoms. The molecule has 1 aliphatic carbocycles. The second kappa shape index (κ2) is 8.61. The highest BCUT2D eigenvalue weighted by Gasteiger charge is 2.47. The lowest BCUT2D eigenvalue weighted by molar-refractivity contribution is -0.0154. The lowest BCUT2D eigenvalue weighted by atomic mass is 9.64. The summed E-state index contributed by atoms with van der Waals surface area (Å²) < 4.78 is 65.3. The third-order valence-corrected chi connectivity index (χ3v) is 7.82. The fourth-order valence-electron chi connectivity index (χ4n) is 4.49. The first-order valence-electron chi connectivity index (χ1n) is 10.8. The van der Waals surface area contributed by atoms with Crippen molar-refractivity contribution in [1.82, 2.24) is 19.7 Å². The Hall–Kier alpha value is -3.08. The number of aryl methyl sites for hydroxylation is 1.